The van der Waals surface area contributed by atoms with E-state index >= 15 is 0 Å². The first kappa shape index (κ1) is 20.7. The van der Waals surface area contributed by atoms with Crippen LogP contribution in [0.2, 0.25) is 0 Å². The van der Waals surface area contributed by atoms with Crippen LogP contribution in [0.4, 0.5) is 11.4 Å². The molecule has 1 unspecified atom stereocenters. The number of hydrogen-bond acceptors (Lipinski definition) is 2. The van der Waals surface area contributed by atoms with Gasteiger partial charge in [0.2, 0.25) is 0 Å². The van der Waals surface area contributed by atoms with Gasteiger partial charge < -0.3 is 9.47 Å². The zero-order valence-corrected chi connectivity index (χ0v) is 19.9. The van der Waals surface area contributed by atoms with Gasteiger partial charge in [-0.1, -0.05) is 42.5 Å². The standard InChI is InChI=1S/C31H28N2O/c1-4-32-29-15-13-23(31(34)25-11-7-5-9-20(25)2)18-26(29)27-19-24(14-16-30(27)32)33-21(3)17-22-10-6-8-12-28(22)33/h5-16,18-19,21H,4,17H2,1-3H3. The summed E-state index contributed by atoms with van der Waals surface area (Å²) in [5.41, 5.74) is 8.80. The molecular formula is C31H28N2O. The number of aromatic nitrogens is 1. The van der Waals surface area contributed by atoms with Gasteiger partial charge in [-0.2, -0.15) is 0 Å². The Morgan fingerprint density at radius 2 is 1.59 bits per heavy atom. The minimum absolute atomic E-state index is 0.0793. The molecule has 0 saturated heterocycles. The van der Waals surface area contributed by atoms with E-state index in [0.29, 0.717) is 6.04 Å². The molecule has 0 bridgehead atoms. The van der Waals surface area contributed by atoms with Crippen LogP contribution in [0.25, 0.3) is 21.8 Å². The molecular weight excluding hydrogens is 416 g/mol. The van der Waals surface area contributed by atoms with Crippen LogP contribution in [0.5, 0.6) is 0 Å². The first-order valence-corrected chi connectivity index (χ1v) is 12.1. The van der Waals surface area contributed by atoms with Gasteiger partial charge >= 0.3 is 0 Å². The zero-order chi connectivity index (χ0) is 23.4. The number of anilines is 2. The van der Waals surface area contributed by atoms with E-state index in [9.17, 15) is 4.79 Å². The van der Waals surface area contributed by atoms with Gasteiger partial charge in [-0.25, -0.2) is 0 Å². The van der Waals surface area contributed by atoms with Crippen molar-refractivity contribution in [2.75, 3.05) is 4.90 Å². The lowest BCUT2D eigenvalue weighted by molar-refractivity contribution is 0.103. The Morgan fingerprint density at radius 1 is 0.882 bits per heavy atom. The van der Waals surface area contributed by atoms with Crippen LogP contribution in [0, 0.1) is 6.92 Å². The van der Waals surface area contributed by atoms with Crippen LogP contribution in [-0.2, 0) is 13.0 Å². The first-order chi connectivity index (χ1) is 16.6. The summed E-state index contributed by atoms with van der Waals surface area (Å²) < 4.78 is 2.35. The van der Waals surface area contributed by atoms with Crippen LogP contribution in [-0.4, -0.2) is 16.4 Å². The largest absolute Gasteiger partial charge is 0.341 e. The van der Waals surface area contributed by atoms with Gasteiger partial charge in [-0.15, -0.1) is 0 Å². The molecule has 3 heteroatoms. The molecule has 0 spiro atoms. The predicted molar refractivity (Wildman–Crippen MR) is 141 cm³/mol. The van der Waals surface area contributed by atoms with Crippen molar-refractivity contribution in [2.45, 2.75) is 39.8 Å². The monoisotopic (exact) mass is 444 g/mol. The second-order valence-corrected chi connectivity index (χ2v) is 9.37. The normalized spacial score (nSPS) is 15.3. The van der Waals surface area contributed by atoms with Crippen molar-refractivity contribution in [2.24, 2.45) is 0 Å². The van der Waals surface area contributed by atoms with Gasteiger partial charge in [0, 0.05) is 56.9 Å². The Bertz CT molecular complexity index is 1580. The Kier molecular flexibility index (Phi) is 4.80. The van der Waals surface area contributed by atoms with E-state index in [1.165, 1.54) is 33.4 Å². The fourth-order valence-corrected chi connectivity index (χ4v) is 5.67. The van der Waals surface area contributed by atoms with Gasteiger partial charge in [0.25, 0.3) is 0 Å². The SMILES string of the molecule is CCn1c2ccc(C(=O)c3ccccc3C)cc2c2cc(N3c4ccccc4CC3C)ccc21. The van der Waals surface area contributed by atoms with Crippen molar-refractivity contribution in [3.63, 3.8) is 0 Å². The number of benzene rings is 4. The maximum absolute atomic E-state index is 13.4. The Labute approximate surface area is 200 Å². The number of rotatable bonds is 4. The molecule has 1 aromatic heterocycles. The van der Waals surface area contributed by atoms with Gasteiger partial charge in [0.15, 0.2) is 5.78 Å². The number of para-hydroxylation sites is 1. The lowest BCUT2D eigenvalue weighted by Gasteiger charge is -2.25. The highest BCUT2D eigenvalue weighted by Gasteiger charge is 2.27. The third-order valence-corrected chi connectivity index (χ3v) is 7.30. The van der Waals surface area contributed by atoms with E-state index in [4.69, 9.17) is 0 Å². The highest BCUT2D eigenvalue weighted by atomic mass is 16.1. The van der Waals surface area contributed by atoms with Crippen molar-refractivity contribution >= 4 is 39.0 Å². The number of ketones is 1. The summed E-state index contributed by atoms with van der Waals surface area (Å²) in [6.45, 7) is 7.35. The summed E-state index contributed by atoms with van der Waals surface area (Å²) in [5.74, 6) is 0.0793. The molecule has 0 fully saturated rings. The molecule has 1 atom stereocenters. The van der Waals surface area contributed by atoms with Crippen LogP contribution in [0.15, 0.2) is 84.9 Å². The fourth-order valence-electron chi connectivity index (χ4n) is 5.67. The second kappa shape index (κ2) is 7.88. The summed E-state index contributed by atoms with van der Waals surface area (Å²) in [5, 5.41) is 2.34. The van der Waals surface area contributed by atoms with Crippen molar-refractivity contribution in [3.8, 4) is 0 Å². The molecule has 1 aliphatic rings. The van der Waals surface area contributed by atoms with Crippen molar-refractivity contribution in [3.05, 3.63) is 107 Å². The van der Waals surface area contributed by atoms with Gasteiger partial charge in [0.1, 0.15) is 0 Å². The molecule has 0 amide bonds. The third-order valence-electron chi connectivity index (χ3n) is 7.30. The zero-order valence-electron chi connectivity index (χ0n) is 19.9. The van der Waals surface area contributed by atoms with Crippen LogP contribution in [0.3, 0.4) is 0 Å². The summed E-state index contributed by atoms with van der Waals surface area (Å²) >= 11 is 0. The topological polar surface area (TPSA) is 25.2 Å². The molecule has 0 N–H and O–H groups in total. The molecule has 34 heavy (non-hydrogen) atoms. The maximum Gasteiger partial charge on any atom is 0.193 e. The minimum atomic E-state index is 0.0793. The van der Waals surface area contributed by atoms with Gasteiger partial charge in [-0.05, 0) is 80.8 Å². The fraction of sp³-hybridized carbons (Fsp3) is 0.194. The summed E-state index contributed by atoms with van der Waals surface area (Å²) in [7, 11) is 0. The smallest absolute Gasteiger partial charge is 0.193 e. The number of carbonyl (C=O) groups excluding carboxylic acids is 1. The average molecular weight is 445 g/mol. The molecule has 0 saturated carbocycles. The van der Waals surface area contributed by atoms with Crippen LogP contribution in [0.1, 0.15) is 40.9 Å². The van der Waals surface area contributed by atoms with Crippen LogP contribution < -0.4 is 4.90 Å². The van der Waals surface area contributed by atoms with E-state index in [2.05, 4.69) is 77.9 Å². The number of fused-ring (bicyclic) bond motifs is 4. The Hall–Kier alpha value is -3.85. The van der Waals surface area contributed by atoms with Crippen LogP contribution >= 0.6 is 0 Å². The maximum atomic E-state index is 13.4. The molecule has 6 rings (SSSR count). The average Bonchev–Trinajstić information content (AvgIpc) is 3.36. The molecule has 0 aliphatic carbocycles. The Balaban J connectivity index is 1.53. The molecule has 5 aromatic rings. The van der Waals surface area contributed by atoms with Gasteiger partial charge in [0.05, 0.1) is 0 Å². The number of nitrogens with zero attached hydrogens (tertiary/aromatic N) is 2. The summed E-state index contributed by atoms with van der Waals surface area (Å²) in [6, 6.07) is 29.9. The van der Waals surface area contributed by atoms with Crippen molar-refractivity contribution < 1.29 is 4.79 Å². The van der Waals surface area contributed by atoms with Crippen molar-refractivity contribution in [1.82, 2.24) is 4.57 Å². The van der Waals surface area contributed by atoms with E-state index in [1.807, 2.05) is 37.3 Å². The number of aryl methyl sites for hydroxylation is 2. The van der Waals surface area contributed by atoms with E-state index in [0.717, 1.165) is 35.0 Å². The minimum Gasteiger partial charge on any atom is -0.341 e. The third kappa shape index (κ3) is 3.07. The lowest BCUT2D eigenvalue weighted by Crippen LogP contribution is -2.23. The quantitative estimate of drug-likeness (QED) is 0.269. The molecule has 4 aromatic carbocycles. The highest BCUT2D eigenvalue weighted by Crippen LogP contribution is 2.40. The second-order valence-electron chi connectivity index (χ2n) is 9.37. The molecule has 168 valence electrons. The van der Waals surface area contributed by atoms with Crippen molar-refractivity contribution in [1.29, 1.82) is 0 Å². The summed E-state index contributed by atoms with van der Waals surface area (Å²) in [6.07, 6.45) is 1.06. The van der Waals surface area contributed by atoms with E-state index in [-0.39, 0.29) is 5.78 Å². The van der Waals surface area contributed by atoms with E-state index < -0.39 is 0 Å². The van der Waals surface area contributed by atoms with Gasteiger partial charge in [-0.3, -0.25) is 4.79 Å². The molecule has 3 nitrogen and oxygen atoms in total. The Morgan fingerprint density at radius 3 is 2.38 bits per heavy atom. The molecule has 0 radical (unpaired) electrons. The molecule has 1 aliphatic heterocycles. The summed E-state index contributed by atoms with van der Waals surface area (Å²) in [4.78, 5) is 15.8. The number of carbonyl (C=O) groups is 1. The molecule has 2 heterocycles. The number of hydrogen-bond donors (Lipinski definition) is 0. The highest BCUT2D eigenvalue weighted by molar-refractivity contribution is 6.15. The first-order valence-electron chi connectivity index (χ1n) is 12.1. The lowest BCUT2D eigenvalue weighted by atomic mass is 9.98. The van der Waals surface area contributed by atoms with E-state index in [1.54, 1.807) is 0 Å². The predicted octanol–water partition coefficient (Wildman–Crippen LogP) is 7.44.